The van der Waals surface area contributed by atoms with Crippen molar-refractivity contribution in [2.75, 3.05) is 12.4 Å². The molecule has 7 heteroatoms. The van der Waals surface area contributed by atoms with Gasteiger partial charge in [0.15, 0.2) is 11.6 Å². The Labute approximate surface area is 114 Å². The molecule has 0 aliphatic heterocycles. The highest BCUT2D eigenvalue weighted by molar-refractivity contribution is 5.48. The van der Waals surface area contributed by atoms with Gasteiger partial charge in [-0.25, -0.2) is 4.39 Å². The molecule has 1 N–H and O–H groups in total. The fourth-order valence-electron chi connectivity index (χ4n) is 1.58. The number of hydrogen-bond donors (Lipinski definition) is 1. The lowest BCUT2D eigenvalue weighted by Crippen LogP contribution is -1.99. The summed E-state index contributed by atoms with van der Waals surface area (Å²) in [5, 5.41) is 13.5. The Morgan fingerprint density at radius 3 is 2.75 bits per heavy atom. The van der Waals surface area contributed by atoms with Gasteiger partial charge in [-0.1, -0.05) is 6.07 Å². The van der Waals surface area contributed by atoms with Crippen LogP contribution in [-0.2, 0) is 0 Å². The first kappa shape index (κ1) is 13.7. The van der Waals surface area contributed by atoms with Crippen LogP contribution in [0.3, 0.4) is 0 Å². The maximum Gasteiger partial charge on any atom is 0.278 e. The van der Waals surface area contributed by atoms with Gasteiger partial charge in [-0.3, -0.25) is 10.1 Å². The van der Waals surface area contributed by atoms with Crippen molar-refractivity contribution in [3.8, 4) is 11.6 Å². The molecule has 1 heterocycles. The molecule has 0 fully saturated rings. The maximum absolute atomic E-state index is 13.6. The SMILES string of the molecule is CNc1cc([N+](=O)[O-])cc(Oc2cc(C)ccc2F)n1. The summed E-state index contributed by atoms with van der Waals surface area (Å²) in [7, 11) is 1.57. The van der Waals surface area contributed by atoms with E-state index in [4.69, 9.17) is 4.74 Å². The van der Waals surface area contributed by atoms with Crippen LogP contribution in [0.5, 0.6) is 11.6 Å². The molecule has 1 aromatic carbocycles. The number of aromatic nitrogens is 1. The van der Waals surface area contributed by atoms with Crippen molar-refractivity contribution in [1.29, 1.82) is 0 Å². The number of nitro groups is 1. The normalized spacial score (nSPS) is 10.2. The zero-order valence-corrected chi connectivity index (χ0v) is 10.9. The Bertz CT molecular complexity index is 661. The summed E-state index contributed by atoms with van der Waals surface area (Å²) in [6, 6.07) is 6.76. The van der Waals surface area contributed by atoms with Crippen molar-refractivity contribution in [2.24, 2.45) is 0 Å². The van der Waals surface area contributed by atoms with E-state index in [1.54, 1.807) is 20.0 Å². The highest BCUT2D eigenvalue weighted by atomic mass is 19.1. The quantitative estimate of drug-likeness (QED) is 0.685. The van der Waals surface area contributed by atoms with Crippen molar-refractivity contribution in [2.45, 2.75) is 6.92 Å². The van der Waals surface area contributed by atoms with E-state index in [9.17, 15) is 14.5 Å². The zero-order chi connectivity index (χ0) is 14.7. The van der Waals surface area contributed by atoms with Gasteiger partial charge in [0.25, 0.3) is 5.69 Å². The van der Waals surface area contributed by atoms with E-state index >= 15 is 0 Å². The van der Waals surface area contributed by atoms with Gasteiger partial charge in [0.1, 0.15) is 5.82 Å². The molecule has 0 radical (unpaired) electrons. The van der Waals surface area contributed by atoms with Gasteiger partial charge >= 0.3 is 0 Å². The second kappa shape index (κ2) is 5.52. The first-order valence-electron chi connectivity index (χ1n) is 5.78. The van der Waals surface area contributed by atoms with Gasteiger partial charge in [0.2, 0.25) is 5.88 Å². The molecule has 0 bridgehead atoms. The Morgan fingerprint density at radius 2 is 2.10 bits per heavy atom. The van der Waals surface area contributed by atoms with Crippen LogP contribution in [-0.4, -0.2) is 17.0 Å². The highest BCUT2D eigenvalue weighted by Crippen LogP contribution is 2.28. The summed E-state index contributed by atoms with van der Waals surface area (Å²) in [6.07, 6.45) is 0. The van der Waals surface area contributed by atoms with Crippen LogP contribution < -0.4 is 10.1 Å². The monoisotopic (exact) mass is 277 g/mol. The van der Waals surface area contributed by atoms with E-state index in [1.165, 1.54) is 18.2 Å². The number of anilines is 1. The Morgan fingerprint density at radius 1 is 1.35 bits per heavy atom. The summed E-state index contributed by atoms with van der Waals surface area (Å²) in [5.41, 5.74) is 0.619. The van der Waals surface area contributed by atoms with Crippen molar-refractivity contribution < 1.29 is 14.1 Å². The van der Waals surface area contributed by atoms with Gasteiger partial charge in [-0.15, -0.1) is 0 Å². The molecule has 104 valence electrons. The number of benzene rings is 1. The van der Waals surface area contributed by atoms with Crippen LogP contribution in [0.4, 0.5) is 15.9 Å². The molecule has 1 aromatic heterocycles. The third kappa shape index (κ3) is 3.00. The molecule has 0 saturated carbocycles. The number of hydrogen-bond acceptors (Lipinski definition) is 5. The molecular weight excluding hydrogens is 265 g/mol. The Hall–Kier alpha value is -2.70. The van der Waals surface area contributed by atoms with Gasteiger partial charge in [-0.05, 0) is 24.6 Å². The molecule has 0 amide bonds. The lowest BCUT2D eigenvalue weighted by molar-refractivity contribution is -0.384. The minimum atomic E-state index is -0.567. The fourth-order valence-corrected chi connectivity index (χ4v) is 1.58. The van der Waals surface area contributed by atoms with Crippen LogP contribution in [0.2, 0.25) is 0 Å². The van der Waals surface area contributed by atoms with Crippen LogP contribution in [0.15, 0.2) is 30.3 Å². The van der Waals surface area contributed by atoms with Gasteiger partial charge in [0, 0.05) is 7.05 Å². The minimum absolute atomic E-state index is 0.0277. The van der Waals surface area contributed by atoms with Crippen molar-refractivity contribution in [1.82, 2.24) is 4.98 Å². The molecule has 0 unspecified atom stereocenters. The highest BCUT2D eigenvalue weighted by Gasteiger charge is 2.13. The number of aryl methyl sites for hydroxylation is 1. The second-order valence-corrected chi connectivity index (χ2v) is 4.09. The van der Waals surface area contributed by atoms with E-state index in [0.717, 1.165) is 11.6 Å². The predicted octanol–water partition coefficient (Wildman–Crippen LogP) is 3.27. The van der Waals surface area contributed by atoms with Crippen LogP contribution in [0, 0.1) is 22.9 Å². The molecule has 2 aromatic rings. The van der Waals surface area contributed by atoms with Crippen LogP contribution in [0.1, 0.15) is 5.56 Å². The number of nitrogens with zero attached hydrogens (tertiary/aromatic N) is 2. The topological polar surface area (TPSA) is 77.3 Å². The van der Waals surface area contributed by atoms with E-state index in [2.05, 4.69) is 10.3 Å². The summed E-state index contributed by atoms with van der Waals surface area (Å²) in [6.45, 7) is 1.78. The van der Waals surface area contributed by atoms with E-state index in [-0.39, 0.29) is 23.1 Å². The lowest BCUT2D eigenvalue weighted by atomic mass is 10.2. The second-order valence-electron chi connectivity index (χ2n) is 4.09. The fraction of sp³-hybridized carbons (Fsp3) is 0.154. The molecule has 6 nitrogen and oxygen atoms in total. The summed E-state index contributed by atoms with van der Waals surface area (Å²) >= 11 is 0. The summed E-state index contributed by atoms with van der Waals surface area (Å²) in [4.78, 5) is 14.2. The van der Waals surface area contributed by atoms with Crippen molar-refractivity contribution in [3.05, 3.63) is 51.8 Å². The molecule has 0 spiro atoms. The third-order valence-corrected chi connectivity index (χ3v) is 2.55. The van der Waals surface area contributed by atoms with Crippen molar-refractivity contribution in [3.63, 3.8) is 0 Å². The largest absolute Gasteiger partial charge is 0.436 e. The summed E-state index contributed by atoms with van der Waals surface area (Å²) in [5.74, 6) is -0.370. The zero-order valence-electron chi connectivity index (χ0n) is 10.9. The molecule has 2 rings (SSSR count). The van der Waals surface area contributed by atoms with Crippen LogP contribution in [0.25, 0.3) is 0 Å². The first-order valence-corrected chi connectivity index (χ1v) is 5.78. The van der Waals surface area contributed by atoms with Gasteiger partial charge < -0.3 is 10.1 Å². The lowest BCUT2D eigenvalue weighted by Gasteiger charge is -2.08. The number of halogens is 1. The minimum Gasteiger partial charge on any atom is -0.436 e. The average Bonchev–Trinajstić information content (AvgIpc) is 2.42. The smallest absolute Gasteiger partial charge is 0.278 e. The maximum atomic E-state index is 13.6. The molecule has 20 heavy (non-hydrogen) atoms. The molecular formula is C13H12FN3O3. The van der Waals surface area contributed by atoms with Gasteiger partial charge in [-0.2, -0.15) is 4.98 Å². The molecule has 0 atom stereocenters. The van der Waals surface area contributed by atoms with Gasteiger partial charge in [0.05, 0.1) is 17.1 Å². The number of nitrogens with one attached hydrogen (secondary N) is 1. The third-order valence-electron chi connectivity index (χ3n) is 2.55. The first-order chi connectivity index (χ1) is 9.49. The van der Waals surface area contributed by atoms with Crippen molar-refractivity contribution >= 4 is 11.5 Å². The Balaban J connectivity index is 2.39. The molecule has 0 aliphatic rings. The standard InChI is InChI=1S/C13H12FN3O3/c1-8-3-4-10(14)11(5-8)20-13-7-9(17(18)19)6-12(15-2)16-13/h3-7H,1-2H3,(H,15,16). The average molecular weight is 277 g/mol. The van der Waals surface area contributed by atoms with Crippen LogP contribution >= 0.6 is 0 Å². The number of ether oxygens (including phenoxy) is 1. The van der Waals surface area contributed by atoms with E-state index in [0.29, 0.717) is 0 Å². The number of pyridine rings is 1. The van der Waals surface area contributed by atoms with E-state index in [1.807, 2.05) is 0 Å². The van der Waals surface area contributed by atoms with E-state index < -0.39 is 10.7 Å². The molecule has 0 saturated heterocycles. The Kier molecular flexibility index (Phi) is 3.79. The number of rotatable bonds is 4. The summed E-state index contributed by atoms with van der Waals surface area (Å²) < 4.78 is 18.9. The predicted molar refractivity (Wildman–Crippen MR) is 71.6 cm³/mol. The molecule has 0 aliphatic carbocycles.